The van der Waals surface area contributed by atoms with Gasteiger partial charge in [0.25, 0.3) is 10.0 Å². The molecule has 1 unspecified atom stereocenters. The van der Waals surface area contributed by atoms with Crippen LogP contribution in [0.4, 0.5) is 5.69 Å². The Morgan fingerprint density at radius 1 is 1.13 bits per heavy atom. The number of hydrogen-bond donors (Lipinski definition) is 0. The molecule has 1 atom stereocenters. The molecule has 0 fully saturated rings. The van der Waals surface area contributed by atoms with Crippen LogP contribution < -0.4 is 4.31 Å². The molecule has 0 saturated carbocycles. The molecule has 2 aromatic rings. The van der Waals surface area contributed by atoms with E-state index in [0.29, 0.717) is 5.69 Å². The van der Waals surface area contributed by atoms with E-state index in [-0.39, 0.29) is 11.4 Å². The first-order valence-corrected chi connectivity index (χ1v) is 8.61. The van der Waals surface area contributed by atoms with Crippen LogP contribution in [-0.2, 0) is 10.0 Å². The molecule has 0 spiro atoms. The molecule has 0 aromatic heterocycles. The quantitative estimate of drug-likeness (QED) is 0.486. The van der Waals surface area contributed by atoms with Gasteiger partial charge in [0.05, 0.1) is 16.6 Å². The lowest BCUT2D eigenvalue weighted by atomic mass is 10.1. The van der Waals surface area contributed by atoms with Crippen molar-refractivity contribution in [3.63, 3.8) is 0 Å². The molecule has 6 nitrogen and oxygen atoms in total. The van der Waals surface area contributed by atoms with Crippen LogP contribution in [0, 0.1) is 13.8 Å². The lowest BCUT2D eigenvalue weighted by Crippen LogP contribution is -2.29. The second kappa shape index (κ2) is 5.61. The predicted molar refractivity (Wildman–Crippen MR) is 88.8 cm³/mol. The number of rotatable bonds is 3. The molecule has 0 amide bonds. The first-order valence-electron chi connectivity index (χ1n) is 7.17. The monoisotopic (exact) mass is 328 g/mol. The number of azide groups is 1. The van der Waals surface area contributed by atoms with Crippen LogP contribution in [0.25, 0.3) is 10.4 Å². The molecule has 0 radical (unpaired) electrons. The summed E-state index contributed by atoms with van der Waals surface area (Å²) < 4.78 is 27.2. The molecule has 1 aliphatic heterocycles. The van der Waals surface area contributed by atoms with Gasteiger partial charge in [0, 0.05) is 11.5 Å². The van der Waals surface area contributed by atoms with E-state index in [0.717, 1.165) is 16.7 Å². The van der Waals surface area contributed by atoms with Crippen LogP contribution in [0.5, 0.6) is 0 Å². The van der Waals surface area contributed by atoms with Gasteiger partial charge < -0.3 is 0 Å². The maximum atomic E-state index is 12.9. The maximum Gasteiger partial charge on any atom is 0.264 e. The van der Waals surface area contributed by atoms with Gasteiger partial charge in [-0.1, -0.05) is 40.5 Å². The van der Waals surface area contributed by atoms with Crippen LogP contribution in [0.15, 0.2) is 52.5 Å². The third-order valence-electron chi connectivity index (χ3n) is 3.95. The van der Waals surface area contributed by atoms with Crippen LogP contribution >= 0.6 is 0 Å². The normalized spacial score (nSPS) is 16.8. The number of hydrogen-bond acceptors (Lipinski definition) is 3. The van der Waals surface area contributed by atoms with Crippen molar-refractivity contribution < 1.29 is 8.42 Å². The van der Waals surface area contributed by atoms with Crippen molar-refractivity contribution >= 4 is 15.7 Å². The van der Waals surface area contributed by atoms with Gasteiger partial charge >= 0.3 is 0 Å². The van der Waals surface area contributed by atoms with Crippen molar-refractivity contribution in [3.8, 4) is 0 Å². The van der Waals surface area contributed by atoms with Crippen LogP contribution in [-0.4, -0.2) is 15.0 Å². The van der Waals surface area contributed by atoms with Gasteiger partial charge in [0.1, 0.15) is 0 Å². The number of aryl methyl sites for hydroxylation is 2. The summed E-state index contributed by atoms with van der Waals surface area (Å²) in [6.07, 6.45) is 0. The smallest absolute Gasteiger partial charge is 0.264 e. The molecular formula is C16H16N4O2S. The molecule has 0 N–H and O–H groups in total. The highest BCUT2D eigenvalue weighted by Crippen LogP contribution is 2.40. The summed E-state index contributed by atoms with van der Waals surface area (Å²) in [6, 6.07) is 11.7. The second-order valence-electron chi connectivity index (χ2n) is 5.63. The van der Waals surface area contributed by atoms with Gasteiger partial charge in [-0.15, -0.1) is 0 Å². The SMILES string of the molecule is Cc1ccc(S(=O)(=O)N2CC(N=[N+]=[N-])c3cc(C)ccc32)cc1. The van der Waals surface area contributed by atoms with Crippen LogP contribution in [0.3, 0.4) is 0 Å². The van der Waals surface area contributed by atoms with Gasteiger partial charge in [0.15, 0.2) is 0 Å². The van der Waals surface area contributed by atoms with E-state index in [1.54, 1.807) is 30.3 Å². The maximum absolute atomic E-state index is 12.9. The summed E-state index contributed by atoms with van der Waals surface area (Å²) in [6.45, 7) is 3.95. The first-order chi connectivity index (χ1) is 10.9. The lowest BCUT2D eigenvalue weighted by Gasteiger charge is -2.20. The van der Waals surface area contributed by atoms with Crippen molar-refractivity contribution in [2.45, 2.75) is 24.8 Å². The lowest BCUT2D eigenvalue weighted by molar-refractivity contribution is 0.589. The van der Waals surface area contributed by atoms with Crippen molar-refractivity contribution in [1.82, 2.24) is 0 Å². The highest BCUT2D eigenvalue weighted by Gasteiger charge is 2.36. The van der Waals surface area contributed by atoms with E-state index in [1.165, 1.54) is 4.31 Å². The highest BCUT2D eigenvalue weighted by atomic mass is 32.2. The molecule has 3 rings (SSSR count). The van der Waals surface area contributed by atoms with Crippen LogP contribution in [0.2, 0.25) is 0 Å². The van der Waals surface area contributed by atoms with E-state index in [9.17, 15) is 8.42 Å². The van der Waals surface area contributed by atoms with Gasteiger partial charge in [-0.05, 0) is 43.1 Å². The molecule has 1 aliphatic rings. The van der Waals surface area contributed by atoms with E-state index in [4.69, 9.17) is 5.53 Å². The Balaban J connectivity index is 2.11. The van der Waals surface area contributed by atoms with Gasteiger partial charge in [-0.25, -0.2) is 8.42 Å². The van der Waals surface area contributed by atoms with Gasteiger partial charge in [-0.2, -0.15) is 0 Å². The Hall–Kier alpha value is -2.50. The molecule has 0 aliphatic carbocycles. The van der Waals surface area contributed by atoms with E-state index in [2.05, 4.69) is 10.0 Å². The first kappa shape index (κ1) is 15.4. The fraction of sp³-hybridized carbons (Fsp3) is 0.250. The number of nitrogens with zero attached hydrogens (tertiary/aromatic N) is 4. The third-order valence-corrected chi connectivity index (χ3v) is 5.74. The predicted octanol–water partition coefficient (Wildman–Crippen LogP) is 3.86. The number of fused-ring (bicyclic) bond motifs is 1. The summed E-state index contributed by atoms with van der Waals surface area (Å²) in [5, 5.41) is 3.75. The zero-order valence-corrected chi connectivity index (χ0v) is 13.7. The van der Waals surface area contributed by atoms with Gasteiger partial charge in [0.2, 0.25) is 0 Å². The summed E-state index contributed by atoms with van der Waals surface area (Å²) in [7, 11) is -3.68. The third kappa shape index (κ3) is 2.65. The summed E-state index contributed by atoms with van der Waals surface area (Å²) >= 11 is 0. The Morgan fingerprint density at radius 2 is 1.78 bits per heavy atom. The minimum atomic E-state index is -3.68. The van der Waals surface area contributed by atoms with E-state index in [1.807, 2.05) is 26.0 Å². The average molecular weight is 328 g/mol. The highest BCUT2D eigenvalue weighted by molar-refractivity contribution is 7.92. The van der Waals surface area contributed by atoms with Gasteiger partial charge in [-0.3, -0.25) is 4.31 Å². The Labute approximate surface area is 135 Å². The number of sulfonamides is 1. The Kier molecular flexibility index (Phi) is 3.75. The molecule has 7 heteroatoms. The number of anilines is 1. The van der Waals surface area contributed by atoms with Crippen molar-refractivity contribution in [2.75, 3.05) is 10.8 Å². The topological polar surface area (TPSA) is 86.1 Å². The average Bonchev–Trinajstić information content (AvgIpc) is 2.87. The second-order valence-corrected chi connectivity index (χ2v) is 7.49. The Morgan fingerprint density at radius 3 is 2.43 bits per heavy atom. The van der Waals surface area contributed by atoms with E-state index < -0.39 is 16.1 Å². The summed E-state index contributed by atoms with van der Waals surface area (Å²) in [4.78, 5) is 3.08. The molecule has 118 valence electrons. The van der Waals surface area contributed by atoms with Crippen molar-refractivity contribution in [3.05, 3.63) is 69.6 Å². The zero-order chi connectivity index (χ0) is 16.6. The fourth-order valence-corrected chi connectivity index (χ4v) is 4.25. The van der Waals surface area contributed by atoms with Crippen molar-refractivity contribution in [2.24, 2.45) is 5.11 Å². The molecular weight excluding hydrogens is 312 g/mol. The largest absolute Gasteiger partial charge is 0.265 e. The zero-order valence-electron chi connectivity index (χ0n) is 12.8. The van der Waals surface area contributed by atoms with Crippen LogP contribution in [0.1, 0.15) is 22.7 Å². The summed E-state index contributed by atoms with van der Waals surface area (Å²) in [5.74, 6) is 0. The Bertz CT molecular complexity index is 900. The van der Waals surface area contributed by atoms with Crippen molar-refractivity contribution in [1.29, 1.82) is 0 Å². The minimum absolute atomic E-state index is 0.124. The minimum Gasteiger partial charge on any atom is -0.265 e. The molecule has 0 bridgehead atoms. The summed E-state index contributed by atoms with van der Waals surface area (Å²) in [5.41, 5.74) is 12.1. The van der Waals surface area contributed by atoms with E-state index >= 15 is 0 Å². The molecule has 2 aromatic carbocycles. The molecule has 1 heterocycles. The number of benzene rings is 2. The molecule has 0 saturated heterocycles. The fourth-order valence-electron chi connectivity index (χ4n) is 2.75. The standard InChI is InChI=1S/C16H16N4O2S/c1-11-3-6-13(7-4-11)23(21,22)20-10-15(18-19-17)14-9-12(2)5-8-16(14)20/h3-9,15H,10H2,1-2H3. The molecule has 23 heavy (non-hydrogen) atoms.